The molecule has 1 fully saturated rings. The Labute approximate surface area is 86.8 Å². The maximum absolute atomic E-state index is 12.9. The fourth-order valence-corrected chi connectivity index (χ4v) is 1.28. The van der Waals surface area contributed by atoms with Crippen molar-refractivity contribution in [1.29, 1.82) is 0 Å². The Bertz CT molecular complexity index is 256. The van der Waals surface area contributed by atoms with Gasteiger partial charge < -0.3 is 5.73 Å². The van der Waals surface area contributed by atoms with E-state index in [0.717, 1.165) is 0 Å². The van der Waals surface area contributed by atoms with Crippen molar-refractivity contribution in [2.75, 3.05) is 0 Å². The molecular formula is C8H10F7N. The van der Waals surface area contributed by atoms with Gasteiger partial charge in [-0.3, -0.25) is 0 Å². The molecule has 1 saturated carbocycles. The van der Waals surface area contributed by atoms with Gasteiger partial charge >= 0.3 is 18.0 Å². The number of hydrogen-bond donors (Lipinski definition) is 1. The van der Waals surface area contributed by atoms with E-state index in [2.05, 4.69) is 0 Å². The number of alkyl halides is 7. The summed E-state index contributed by atoms with van der Waals surface area (Å²) in [5, 5.41) is 0. The Balaban J connectivity index is 2.80. The summed E-state index contributed by atoms with van der Waals surface area (Å²) >= 11 is 0. The summed E-state index contributed by atoms with van der Waals surface area (Å²) in [6.07, 6.45) is -5.72. The van der Waals surface area contributed by atoms with Gasteiger partial charge in [-0.15, -0.1) is 0 Å². The third kappa shape index (κ3) is 2.26. The first-order valence-corrected chi connectivity index (χ1v) is 4.58. The molecule has 16 heavy (non-hydrogen) atoms. The van der Waals surface area contributed by atoms with Crippen LogP contribution in [0.5, 0.6) is 0 Å². The molecule has 1 aliphatic rings. The lowest BCUT2D eigenvalue weighted by atomic mass is 9.98. The third-order valence-electron chi connectivity index (χ3n) is 2.52. The van der Waals surface area contributed by atoms with Gasteiger partial charge in [-0.1, -0.05) is 12.8 Å². The summed E-state index contributed by atoms with van der Waals surface area (Å²) < 4.78 is 86.0. The molecule has 8 heteroatoms. The van der Waals surface area contributed by atoms with Gasteiger partial charge in [-0.25, -0.2) is 0 Å². The van der Waals surface area contributed by atoms with Crippen molar-refractivity contribution in [2.45, 2.75) is 43.3 Å². The zero-order valence-electron chi connectivity index (χ0n) is 8.00. The molecule has 96 valence electrons. The molecule has 0 amide bonds. The second kappa shape index (κ2) is 3.75. The van der Waals surface area contributed by atoms with E-state index in [1.807, 2.05) is 0 Å². The SMILES string of the molecule is N[C@H](CC1CC1)C(F)(F)C(F)(F)C(F)(F)F. The van der Waals surface area contributed by atoms with E-state index < -0.39 is 30.5 Å². The lowest BCUT2D eigenvalue weighted by Gasteiger charge is -2.32. The number of hydrogen-bond acceptors (Lipinski definition) is 1. The molecule has 0 aliphatic heterocycles. The van der Waals surface area contributed by atoms with Crippen LogP contribution in [0, 0.1) is 5.92 Å². The van der Waals surface area contributed by atoms with Crippen LogP contribution in [0.25, 0.3) is 0 Å². The highest BCUT2D eigenvalue weighted by Gasteiger charge is 2.74. The van der Waals surface area contributed by atoms with E-state index >= 15 is 0 Å². The summed E-state index contributed by atoms with van der Waals surface area (Å²) in [4.78, 5) is 0. The van der Waals surface area contributed by atoms with Gasteiger partial charge in [0, 0.05) is 0 Å². The second-order valence-electron chi connectivity index (χ2n) is 3.98. The van der Waals surface area contributed by atoms with Crippen molar-refractivity contribution >= 4 is 0 Å². The summed E-state index contributed by atoms with van der Waals surface area (Å²) in [6, 6.07) is -2.48. The smallest absolute Gasteiger partial charge is 0.322 e. The molecule has 0 aromatic heterocycles. The van der Waals surface area contributed by atoms with Crippen molar-refractivity contribution in [3.05, 3.63) is 0 Å². The van der Waals surface area contributed by atoms with Crippen LogP contribution in [0.3, 0.4) is 0 Å². The van der Waals surface area contributed by atoms with E-state index in [1.54, 1.807) is 0 Å². The van der Waals surface area contributed by atoms with Crippen LogP contribution < -0.4 is 5.73 Å². The Hall–Kier alpha value is -0.530. The van der Waals surface area contributed by atoms with Crippen molar-refractivity contribution < 1.29 is 30.7 Å². The molecule has 0 saturated heterocycles. The number of halogens is 7. The Morgan fingerprint density at radius 3 is 1.75 bits per heavy atom. The Morgan fingerprint density at radius 2 is 1.44 bits per heavy atom. The molecule has 0 aromatic rings. The zero-order valence-corrected chi connectivity index (χ0v) is 8.00. The fraction of sp³-hybridized carbons (Fsp3) is 1.00. The second-order valence-corrected chi connectivity index (χ2v) is 3.98. The first-order chi connectivity index (χ1) is 7.00. The highest BCUT2D eigenvalue weighted by molar-refractivity contribution is 4.99. The van der Waals surface area contributed by atoms with Gasteiger partial charge in [0.1, 0.15) is 0 Å². The topological polar surface area (TPSA) is 26.0 Å². The molecule has 0 unspecified atom stereocenters. The zero-order chi connectivity index (χ0) is 12.8. The van der Waals surface area contributed by atoms with Crippen LogP contribution in [0.2, 0.25) is 0 Å². The first kappa shape index (κ1) is 13.5. The quantitative estimate of drug-likeness (QED) is 0.766. The normalized spacial score (nSPS) is 21.0. The van der Waals surface area contributed by atoms with Gasteiger partial charge in [-0.2, -0.15) is 30.7 Å². The number of rotatable bonds is 4. The van der Waals surface area contributed by atoms with E-state index in [1.165, 1.54) is 0 Å². The summed E-state index contributed by atoms with van der Waals surface area (Å²) in [7, 11) is 0. The highest BCUT2D eigenvalue weighted by Crippen LogP contribution is 2.49. The Kier molecular flexibility index (Phi) is 3.17. The van der Waals surface area contributed by atoms with Crippen molar-refractivity contribution in [3.63, 3.8) is 0 Å². The van der Waals surface area contributed by atoms with Crippen molar-refractivity contribution in [3.8, 4) is 0 Å². The van der Waals surface area contributed by atoms with Gasteiger partial charge in [-0.05, 0) is 12.3 Å². The monoisotopic (exact) mass is 253 g/mol. The fourth-order valence-electron chi connectivity index (χ4n) is 1.28. The third-order valence-corrected chi connectivity index (χ3v) is 2.52. The number of nitrogens with two attached hydrogens (primary N) is 1. The van der Waals surface area contributed by atoms with Crippen LogP contribution in [0.4, 0.5) is 30.7 Å². The van der Waals surface area contributed by atoms with Crippen LogP contribution in [-0.2, 0) is 0 Å². The summed E-state index contributed by atoms with van der Waals surface area (Å²) in [6.45, 7) is 0. The molecule has 0 heterocycles. The molecular weight excluding hydrogens is 243 g/mol. The van der Waals surface area contributed by atoms with E-state index in [9.17, 15) is 30.7 Å². The average molecular weight is 253 g/mol. The molecule has 0 radical (unpaired) electrons. The van der Waals surface area contributed by atoms with Gasteiger partial charge in [0.15, 0.2) is 0 Å². The molecule has 0 aromatic carbocycles. The largest absolute Gasteiger partial charge is 0.459 e. The summed E-state index contributed by atoms with van der Waals surface area (Å²) in [5.74, 6) is -11.6. The lowest BCUT2D eigenvalue weighted by Crippen LogP contribution is -2.60. The lowest BCUT2D eigenvalue weighted by molar-refractivity contribution is -0.358. The minimum atomic E-state index is -6.29. The van der Waals surface area contributed by atoms with E-state index in [-0.39, 0.29) is 5.92 Å². The van der Waals surface area contributed by atoms with Gasteiger partial charge in [0.2, 0.25) is 0 Å². The minimum absolute atomic E-state index is 0.259. The highest BCUT2D eigenvalue weighted by atomic mass is 19.4. The maximum Gasteiger partial charge on any atom is 0.459 e. The molecule has 1 aliphatic carbocycles. The predicted molar refractivity (Wildman–Crippen MR) is 41.3 cm³/mol. The van der Waals surface area contributed by atoms with Crippen LogP contribution in [0.1, 0.15) is 19.3 Å². The molecule has 1 atom stereocenters. The van der Waals surface area contributed by atoms with Crippen LogP contribution in [0.15, 0.2) is 0 Å². The first-order valence-electron chi connectivity index (χ1n) is 4.58. The molecule has 0 bridgehead atoms. The maximum atomic E-state index is 12.9. The van der Waals surface area contributed by atoms with Crippen LogP contribution >= 0.6 is 0 Å². The Morgan fingerprint density at radius 1 is 1.00 bits per heavy atom. The standard InChI is InChI=1S/C8H10F7N/c9-6(10,5(16)3-4-1-2-4)7(11,12)8(13,14)15/h4-5H,1-3,16H2/t5-/m1/s1. The van der Waals surface area contributed by atoms with E-state index in [4.69, 9.17) is 5.73 Å². The molecule has 0 spiro atoms. The van der Waals surface area contributed by atoms with E-state index in [0.29, 0.717) is 12.8 Å². The van der Waals surface area contributed by atoms with Gasteiger partial charge in [0.05, 0.1) is 6.04 Å². The minimum Gasteiger partial charge on any atom is -0.322 e. The molecule has 1 nitrogen and oxygen atoms in total. The van der Waals surface area contributed by atoms with Crippen molar-refractivity contribution in [1.82, 2.24) is 0 Å². The van der Waals surface area contributed by atoms with Gasteiger partial charge in [0.25, 0.3) is 0 Å². The van der Waals surface area contributed by atoms with Crippen molar-refractivity contribution in [2.24, 2.45) is 11.7 Å². The average Bonchev–Trinajstić information content (AvgIpc) is 2.85. The summed E-state index contributed by atoms with van der Waals surface area (Å²) in [5.41, 5.74) is 4.75. The molecule has 2 N–H and O–H groups in total. The van der Waals surface area contributed by atoms with Crippen LogP contribution in [-0.4, -0.2) is 24.1 Å². The molecule has 1 rings (SSSR count). The predicted octanol–water partition coefficient (Wildman–Crippen LogP) is 2.95.